The Labute approximate surface area is 79.2 Å². The van der Waals surface area contributed by atoms with E-state index in [9.17, 15) is 0 Å². The van der Waals surface area contributed by atoms with Crippen LogP contribution in [0.15, 0.2) is 0 Å². The smallest absolute Gasteiger partial charge is 0.0908 e. The molecule has 0 radical (unpaired) electrons. The number of hydrogen-bond acceptors (Lipinski definition) is 3. The molecule has 1 saturated heterocycles. The van der Waals surface area contributed by atoms with Crippen molar-refractivity contribution in [3.05, 3.63) is 0 Å². The first-order valence-electron chi connectivity index (χ1n) is 4.45. The van der Waals surface area contributed by atoms with E-state index in [-0.39, 0.29) is 11.2 Å². The molecule has 1 unspecified atom stereocenters. The molecule has 0 aromatic heterocycles. The molecule has 0 aromatic carbocycles. The Morgan fingerprint density at radius 3 is 2.50 bits per heavy atom. The van der Waals surface area contributed by atoms with Crippen LogP contribution in [0.25, 0.3) is 0 Å². The third kappa shape index (κ3) is 2.64. The highest BCUT2D eigenvalue weighted by molar-refractivity contribution is 7.99. The molecule has 0 spiro atoms. The molecule has 1 rings (SSSR count). The van der Waals surface area contributed by atoms with Gasteiger partial charge in [-0.25, -0.2) is 0 Å². The summed E-state index contributed by atoms with van der Waals surface area (Å²) in [5.74, 6) is 2.24. The van der Waals surface area contributed by atoms with Crippen LogP contribution in [0.4, 0.5) is 0 Å². The van der Waals surface area contributed by atoms with Crippen molar-refractivity contribution in [2.45, 2.75) is 38.4 Å². The lowest BCUT2D eigenvalue weighted by molar-refractivity contribution is -0.112. The Kier molecular flexibility index (Phi) is 3.07. The fraction of sp³-hybridized carbons (Fsp3) is 1.00. The van der Waals surface area contributed by atoms with Gasteiger partial charge in [0.2, 0.25) is 0 Å². The lowest BCUT2D eigenvalue weighted by Crippen LogP contribution is -2.46. The summed E-state index contributed by atoms with van der Waals surface area (Å²) in [5, 5.41) is 0. The predicted molar refractivity (Wildman–Crippen MR) is 54.6 cm³/mol. The first-order valence-corrected chi connectivity index (χ1v) is 5.61. The molecule has 1 heterocycles. The molecule has 1 fully saturated rings. The highest BCUT2D eigenvalue weighted by atomic mass is 32.2. The normalized spacial score (nSPS) is 31.0. The summed E-state index contributed by atoms with van der Waals surface area (Å²) >= 11 is 1.94. The number of ether oxygens (including phenoxy) is 1. The van der Waals surface area contributed by atoms with Crippen molar-refractivity contribution in [3.8, 4) is 0 Å². The van der Waals surface area contributed by atoms with Crippen LogP contribution >= 0.6 is 11.8 Å². The van der Waals surface area contributed by atoms with Crippen LogP contribution in [-0.2, 0) is 4.74 Å². The second-order valence-corrected chi connectivity index (χ2v) is 5.51. The Hall–Kier alpha value is 0.270. The summed E-state index contributed by atoms with van der Waals surface area (Å²) in [6.45, 7) is 6.92. The van der Waals surface area contributed by atoms with Crippen molar-refractivity contribution in [3.63, 3.8) is 0 Å². The average Bonchev–Trinajstić information content (AvgIpc) is 2.34. The van der Waals surface area contributed by atoms with E-state index < -0.39 is 0 Å². The Bertz CT molecular complexity index is 147. The molecule has 2 N–H and O–H groups in total. The molecule has 2 nitrogen and oxygen atoms in total. The summed E-state index contributed by atoms with van der Waals surface area (Å²) in [7, 11) is 0. The first kappa shape index (κ1) is 10.4. The molecule has 3 heteroatoms. The maximum atomic E-state index is 5.99. The van der Waals surface area contributed by atoms with Crippen LogP contribution in [0.2, 0.25) is 0 Å². The zero-order chi connectivity index (χ0) is 9.24. The van der Waals surface area contributed by atoms with Gasteiger partial charge in [0.1, 0.15) is 0 Å². The third-order valence-electron chi connectivity index (χ3n) is 1.96. The van der Waals surface area contributed by atoms with Gasteiger partial charge in [-0.15, -0.1) is 0 Å². The van der Waals surface area contributed by atoms with E-state index in [1.807, 2.05) is 11.8 Å². The fourth-order valence-electron chi connectivity index (χ4n) is 1.52. The van der Waals surface area contributed by atoms with Gasteiger partial charge in [0.25, 0.3) is 0 Å². The second kappa shape index (κ2) is 3.56. The Morgan fingerprint density at radius 1 is 1.50 bits per heavy atom. The van der Waals surface area contributed by atoms with Gasteiger partial charge in [-0.2, -0.15) is 11.8 Å². The standard InChI is InChI=1S/C9H19NOS/c1-8(2,3)11-9(6-10)4-5-12-7-9/h4-7,10H2,1-3H3. The average molecular weight is 189 g/mol. The highest BCUT2D eigenvalue weighted by Gasteiger charge is 2.37. The lowest BCUT2D eigenvalue weighted by atomic mass is 10.0. The van der Waals surface area contributed by atoms with Crippen LogP contribution in [0.3, 0.4) is 0 Å². The zero-order valence-corrected chi connectivity index (χ0v) is 9.04. The molecule has 1 aliphatic heterocycles. The van der Waals surface area contributed by atoms with Crippen LogP contribution < -0.4 is 5.73 Å². The van der Waals surface area contributed by atoms with Crippen molar-refractivity contribution in [2.75, 3.05) is 18.1 Å². The molecular formula is C9H19NOS. The molecule has 1 aliphatic rings. The molecule has 0 amide bonds. The van der Waals surface area contributed by atoms with Crippen LogP contribution in [0.5, 0.6) is 0 Å². The van der Waals surface area contributed by atoms with Crippen molar-refractivity contribution in [1.29, 1.82) is 0 Å². The summed E-state index contributed by atoms with van der Waals surface area (Å²) in [6.07, 6.45) is 1.10. The van der Waals surface area contributed by atoms with Crippen LogP contribution in [0.1, 0.15) is 27.2 Å². The van der Waals surface area contributed by atoms with Gasteiger partial charge in [-0.3, -0.25) is 0 Å². The minimum Gasteiger partial charge on any atom is -0.367 e. The molecule has 1 atom stereocenters. The first-order chi connectivity index (χ1) is 5.47. The van der Waals surface area contributed by atoms with Crippen LogP contribution in [-0.4, -0.2) is 29.3 Å². The summed E-state index contributed by atoms with van der Waals surface area (Å²) in [4.78, 5) is 0. The predicted octanol–water partition coefficient (Wildman–Crippen LogP) is 1.64. The molecule has 72 valence electrons. The van der Waals surface area contributed by atoms with Crippen LogP contribution in [0, 0.1) is 0 Å². The molecule has 0 aromatic rings. The van der Waals surface area contributed by atoms with Gasteiger partial charge in [-0.05, 0) is 32.9 Å². The number of nitrogens with two attached hydrogens (primary N) is 1. The number of rotatable bonds is 2. The minimum absolute atomic E-state index is 0.0388. The zero-order valence-electron chi connectivity index (χ0n) is 8.22. The second-order valence-electron chi connectivity index (χ2n) is 4.40. The van der Waals surface area contributed by atoms with Gasteiger partial charge in [0.05, 0.1) is 11.2 Å². The third-order valence-corrected chi connectivity index (χ3v) is 3.18. The molecule has 0 aliphatic carbocycles. The molecule has 0 bridgehead atoms. The largest absolute Gasteiger partial charge is 0.367 e. The van der Waals surface area contributed by atoms with E-state index in [0.29, 0.717) is 6.54 Å². The van der Waals surface area contributed by atoms with Gasteiger partial charge in [0.15, 0.2) is 0 Å². The lowest BCUT2D eigenvalue weighted by Gasteiger charge is -2.35. The van der Waals surface area contributed by atoms with Crippen molar-refractivity contribution in [1.82, 2.24) is 0 Å². The topological polar surface area (TPSA) is 35.2 Å². The Balaban J connectivity index is 2.55. The van der Waals surface area contributed by atoms with Gasteiger partial charge >= 0.3 is 0 Å². The quantitative estimate of drug-likeness (QED) is 0.717. The van der Waals surface area contributed by atoms with Gasteiger partial charge in [-0.1, -0.05) is 0 Å². The maximum Gasteiger partial charge on any atom is 0.0908 e. The fourth-order valence-corrected chi connectivity index (χ4v) is 2.87. The maximum absolute atomic E-state index is 5.99. The SMILES string of the molecule is CC(C)(C)OC1(CN)CCSC1. The van der Waals surface area contributed by atoms with E-state index in [0.717, 1.165) is 12.2 Å². The van der Waals surface area contributed by atoms with Gasteiger partial charge in [0, 0.05) is 12.3 Å². The van der Waals surface area contributed by atoms with E-state index >= 15 is 0 Å². The Morgan fingerprint density at radius 2 is 2.17 bits per heavy atom. The van der Waals surface area contributed by atoms with Crippen molar-refractivity contribution < 1.29 is 4.74 Å². The molecule has 0 saturated carbocycles. The van der Waals surface area contributed by atoms with E-state index in [4.69, 9.17) is 10.5 Å². The van der Waals surface area contributed by atoms with Crippen molar-refractivity contribution in [2.24, 2.45) is 5.73 Å². The molecule has 12 heavy (non-hydrogen) atoms. The monoisotopic (exact) mass is 189 g/mol. The number of thioether (sulfide) groups is 1. The molecular weight excluding hydrogens is 170 g/mol. The van der Waals surface area contributed by atoms with E-state index in [1.54, 1.807) is 0 Å². The number of hydrogen-bond donors (Lipinski definition) is 1. The summed E-state index contributed by atoms with van der Waals surface area (Å²) in [6, 6.07) is 0. The van der Waals surface area contributed by atoms with E-state index in [2.05, 4.69) is 20.8 Å². The van der Waals surface area contributed by atoms with Crippen molar-refractivity contribution >= 4 is 11.8 Å². The summed E-state index contributed by atoms with van der Waals surface area (Å²) in [5.41, 5.74) is 5.63. The van der Waals surface area contributed by atoms with E-state index in [1.165, 1.54) is 5.75 Å². The summed E-state index contributed by atoms with van der Waals surface area (Å²) < 4.78 is 5.99. The highest BCUT2D eigenvalue weighted by Crippen LogP contribution is 2.33. The van der Waals surface area contributed by atoms with Gasteiger partial charge < -0.3 is 10.5 Å². The minimum atomic E-state index is -0.0652.